The first kappa shape index (κ1) is 13.6. The lowest BCUT2D eigenvalue weighted by Crippen LogP contribution is -2.44. The number of nitrogens with zero attached hydrogens (tertiary/aromatic N) is 5. The van der Waals surface area contributed by atoms with Gasteiger partial charge in [0.05, 0.1) is 19.0 Å². The van der Waals surface area contributed by atoms with Gasteiger partial charge in [-0.1, -0.05) is 5.10 Å². The Morgan fingerprint density at radius 2 is 2.00 bits per heavy atom. The molecule has 0 atom stereocenters. The van der Waals surface area contributed by atoms with E-state index in [-0.39, 0.29) is 0 Å². The van der Waals surface area contributed by atoms with Crippen molar-refractivity contribution in [1.82, 2.24) is 20.1 Å². The molecule has 0 amide bonds. The standard InChI is InChI=1S/C13H18N6O2/c1-18-3-5-19(6-4-18)13-17-16-12(21-13)10-7-11(20-2)9(14)8-15-10/h7-8H,3-6,14H2,1-2H3. The van der Waals surface area contributed by atoms with Gasteiger partial charge in [-0.3, -0.25) is 0 Å². The molecule has 0 saturated carbocycles. The number of nitrogen functional groups attached to an aromatic ring is 1. The van der Waals surface area contributed by atoms with Crippen molar-refractivity contribution < 1.29 is 9.15 Å². The zero-order valence-electron chi connectivity index (χ0n) is 12.1. The van der Waals surface area contributed by atoms with Gasteiger partial charge in [-0.05, 0) is 7.05 Å². The molecule has 3 heterocycles. The maximum atomic E-state index is 5.75. The van der Waals surface area contributed by atoms with Crippen LogP contribution >= 0.6 is 0 Å². The summed E-state index contributed by atoms with van der Waals surface area (Å²) in [7, 11) is 3.65. The van der Waals surface area contributed by atoms with Crippen LogP contribution in [0.2, 0.25) is 0 Å². The summed E-state index contributed by atoms with van der Waals surface area (Å²) in [6, 6.07) is 2.21. The second-order valence-corrected chi connectivity index (χ2v) is 4.99. The van der Waals surface area contributed by atoms with E-state index in [1.807, 2.05) is 0 Å². The van der Waals surface area contributed by atoms with E-state index in [9.17, 15) is 0 Å². The molecular formula is C13H18N6O2. The minimum Gasteiger partial charge on any atom is -0.494 e. The molecule has 0 spiro atoms. The summed E-state index contributed by atoms with van der Waals surface area (Å²) in [5.74, 6) is 0.904. The molecule has 1 saturated heterocycles. The van der Waals surface area contributed by atoms with Gasteiger partial charge in [0.15, 0.2) is 0 Å². The van der Waals surface area contributed by atoms with Crippen LogP contribution < -0.4 is 15.4 Å². The van der Waals surface area contributed by atoms with Gasteiger partial charge in [0.2, 0.25) is 0 Å². The Morgan fingerprint density at radius 3 is 2.71 bits per heavy atom. The predicted octanol–water partition coefficient (Wildman–Crippen LogP) is 0.474. The Balaban J connectivity index is 1.81. The molecule has 2 N–H and O–H groups in total. The van der Waals surface area contributed by atoms with Crippen LogP contribution in [0.4, 0.5) is 11.7 Å². The van der Waals surface area contributed by atoms with Crippen molar-refractivity contribution in [2.45, 2.75) is 0 Å². The van der Waals surface area contributed by atoms with E-state index in [2.05, 4.69) is 32.0 Å². The maximum Gasteiger partial charge on any atom is 0.318 e. The fraction of sp³-hybridized carbons (Fsp3) is 0.462. The smallest absolute Gasteiger partial charge is 0.318 e. The van der Waals surface area contributed by atoms with Crippen LogP contribution in [0, 0.1) is 0 Å². The van der Waals surface area contributed by atoms with E-state index >= 15 is 0 Å². The fourth-order valence-electron chi connectivity index (χ4n) is 2.19. The molecule has 21 heavy (non-hydrogen) atoms. The minimum absolute atomic E-state index is 0.363. The van der Waals surface area contributed by atoms with Gasteiger partial charge in [0.1, 0.15) is 11.4 Å². The number of hydrogen-bond acceptors (Lipinski definition) is 8. The highest BCUT2D eigenvalue weighted by Gasteiger charge is 2.20. The molecule has 1 aliphatic heterocycles. The summed E-state index contributed by atoms with van der Waals surface area (Å²) in [5, 5.41) is 8.15. The normalized spacial score (nSPS) is 16.2. The average Bonchev–Trinajstić information content (AvgIpc) is 2.98. The number of ether oxygens (including phenoxy) is 1. The first-order chi connectivity index (χ1) is 10.2. The van der Waals surface area contributed by atoms with Crippen LogP contribution in [0.5, 0.6) is 5.75 Å². The van der Waals surface area contributed by atoms with Crippen LogP contribution in [-0.2, 0) is 0 Å². The third-order valence-corrected chi connectivity index (χ3v) is 3.52. The molecule has 112 valence electrons. The molecule has 8 heteroatoms. The van der Waals surface area contributed by atoms with Gasteiger partial charge in [0, 0.05) is 32.2 Å². The number of nitrogens with two attached hydrogens (primary N) is 1. The summed E-state index contributed by atoms with van der Waals surface area (Å²) in [4.78, 5) is 8.54. The molecule has 0 bridgehead atoms. The SMILES string of the molecule is COc1cc(-c2nnc(N3CCN(C)CC3)o2)ncc1N. The van der Waals surface area contributed by atoms with Crippen molar-refractivity contribution in [2.24, 2.45) is 0 Å². The fourth-order valence-corrected chi connectivity index (χ4v) is 2.19. The highest BCUT2D eigenvalue weighted by Crippen LogP contribution is 2.27. The largest absolute Gasteiger partial charge is 0.494 e. The number of aromatic nitrogens is 3. The summed E-state index contributed by atoms with van der Waals surface area (Å²) in [6.07, 6.45) is 1.52. The van der Waals surface area contributed by atoms with Crippen molar-refractivity contribution >= 4 is 11.7 Å². The zero-order valence-corrected chi connectivity index (χ0v) is 12.1. The van der Waals surface area contributed by atoms with Gasteiger partial charge in [0.25, 0.3) is 5.89 Å². The number of anilines is 2. The van der Waals surface area contributed by atoms with E-state index in [1.54, 1.807) is 13.2 Å². The average molecular weight is 290 g/mol. The lowest BCUT2D eigenvalue weighted by atomic mass is 10.3. The van der Waals surface area contributed by atoms with Crippen molar-refractivity contribution in [3.8, 4) is 17.3 Å². The number of likely N-dealkylation sites (N-methyl/N-ethyl adjacent to an activating group) is 1. The van der Waals surface area contributed by atoms with Crippen LogP contribution in [0.25, 0.3) is 11.6 Å². The Labute approximate surface area is 122 Å². The molecule has 2 aromatic heterocycles. The predicted molar refractivity (Wildman–Crippen MR) is 78.2 cm³/mol. The number of piperazine rings is 1. The molecule has 0 radical (unpaired) electrons. The summed E-state index contributed by atoms with van der Waals surface area (Å²) in [6.45, 7) is 3.70. The first-order valence-corrected chi connectivity index (χ1v) is 6.74. The number of rotatable bonds is 3. The summed E-state index contributed by atoms with van der Waals surface area (Å²) in [5.41, 5.74) is 6.77. The maximum absolute atomic E-state index is 5.75. The molecule has 1 aliphatic rings. The lowest BCUT2D eigenvalue weighted by molar-refractivity contribution is 0.305. The van der Waals surface area contributed by atoms with Crippen LogP contribution in [-0.4, -0.2) is 60.4 Å². The molecule has 3 rings (SSSR count). The monoisotopic (exact) mass is 290 g/mol. The van der Waals surface area contributed by atoms with Gasteiger partial charge in [-0.2, -0.15) is 0 Å². The van der Waals surface area contributed by atoms with Crippen LogP contribution in [0.1, 0.15) is 0 Å². The van der Waals surface area contributed by atoms with E-state index < -0.39 is 0 Å². The zero-order chi connectivity index (χ0) is 14.8. The topological polar surface area (TPSA) is 93.5 Å². The van der Waals surface area contributed by atoms with Gasteiger partial charge < -0.3 is 24.7 Å². The lowest BCUT2D eigenvalue weighted by Gasteiger charge is -2.30. The first-order valence-electron chi connectivity index (χ1n) is 6.74. The highest BCUT2D eigenvalue weighted by molar-refractivity contribution is 5.59. The van der Waals surface area contributed by atoms with E-state index in [0.717, 1.165) is 26.2 Å². The van der Waals surface area contributed by atoms with Crippen LogP contribution in [0.3, 0.4) is 0 Å². The summed E-state index contributed by atoms with van der Waals surface area (Å²) < 4.78 is 10.9. The van der Waals surface area contributed by atoms with Crippen LogP contribution in [0.15, 0.2) is 16.7 Å². The van der Waals surface area contributed by atoms with Crippen molar-refractivity contribution in [1.29, 1.82) is 0 Å². The Hall–Kier alpha value is -2.35. The Kier molecular flexibility index (Phi) is 3.61. The van der Waals surface area contributed by atoms with Gasteiger partial charge in [-0.15, -0.1) is 5.10 Å². The molecular weight excluding hydrogens is 272 g/mol. The molecule has 1 fully saturated rings. The van der Waals surface area contributed by atoms with Crippen molar-refractivity contribution in [2.75, 3.05) is 51.0 Å². The van der Waals surface area contributed by atoms with E-state index in [0.29, 0.717) is 29.0 Å². The van der Waals surface area contributed by atoms with E-state index in [4.69, 9.17) is 14.9 Å². The molecule has 2 aromatic rings. The van der Waals surface area contributed by atoms with E-state index in [1.165, 1.54) is 6.20 Å². The second-order valence-electron chi connectivity index (χ2n) is 4.99. The van der Waals surface area contributed by atoms with Gasteiger partial charge >= 0.3 is 6.01 Å². The number of pyridine rings is 1. The Bertz CT molecular complexity index is 621. The Morgan fingerprint density at radius 1 is 1.24 bits per heavy atom. The molecule has 0 aliphatic carbocycles. The molecule has 0 aromatic carbocycles. The number of hydrogen-bond donors (Lipinski definition) is 1. The second kappa shape index (κ2) is 5.57. The van der Waals surface area contributed by atoms with Gasteiger partial charge in [-0.25, -0.2) is 4.98 Å². The number of methoxy groups -OCH3 is 1. The third-order valence-electron chi connectivity index (χ3n) is 3.52. The summed E-state index contributed by atoms with van der Waals surface area (Å²) >= 11 is 0. The minimum atomic E-state index is 0.363. The quantitative estimate of drug-likeness (QED) is 0.872. The highest BCUT2D eigenvalue weighted by atomic mass is 16.5. The van der Waals surface area contributed by atoms with Crippen molar-refractivity contribution in [3.05, 3.63) is 12.3 Å². The van der Waals surface area contributed by atoms with Crippen molar-refractivity contribution in [3.63, 3.8) is 0 Å². The third kappa shape index (κ3) is 2.75. The molecule has 0 unspecified atom stereocenters. The molecule has 8 nitrogen and oxygen atoms in total.